The molecular weight excluding hydrogens is 228 g/mol. The van der Waals surface area contributed by atoms with Crippen LogP contribution in [0.25, 0.3) is 0 Å². The van der Waals surface area contributed by atoms with Crippen LogP contribution in [0, 0.1) is 6.92 Å². The van der Waals surface area contributed by atoms with Gasteiger partial charge in [0.25, 0.3) is 0 Å². The summed E-state index contributed by atoms with van der Waals surface area (Å²) in [7, 11) is 0. The first-order chi connectivity index (χ1) is 8.19. The molecule has 0 radical (unpaired) electrons. The third-order valence-corrected chi connectivity index (χ3v) is 4.71. The second-order valence-corrected chi connectivity index (χ2v) is 6.08. The predicted octanol–water partition coefficient (Wildman–Crippen LogP) is 3.66. The molecule has 1 aromatic rings. The summed E-state index contributed by atoms with van der Waals surface area (Å²) in [5.41, 5.74) is 9.22. The molecule has 0 bridgehead atoms. The zero-order chi connectivity index (χ0) is 12.3. The molecular formula is C14H22N2S. The lowest BCUT2D eigenvalue weighted by atomic mass is 9.94. The Morgan fingerprint density at radius 2 is 1.94 bits per heavy atom. The number of anilines is 2. The summed E-state index contributed by atoms with van der Waals surface area (Å²) in [6.45, 7) is 2.07. The zero-order valence-electron chi connectivity index (χ0n) is 10.7. The van der Waals surface area contributed by atoms with E-state index >= 15 is 0 Å². The molecule has 0 spiro atoms. The molecule has 1 fully saturated rings. The first-order valence-electron chi connectivity index (χ1n) is 6.34. The fraction of sp³-hybridized carbons (Fsp3) is 0.571. The summed E-state index contributed by atoms with van der Waals surface area (Å²) >= 11 is 2.01. The van der Waals surface area contributed by atoms with E-state index in [0.717, 1.165) is 16.6 Å². The van der Waals surface area contributed by atoms with Gasteiger partial charge in [0.1, 0.15) is 0 Å². The highest BCUT2D eigenvalue weighted by Gasteiger charge is 2.20. The Morgan fingerprint density at radius 1 is 1.24 bits per heavy atom. The molecule has 3 heteroatoms. The number of nitrogens with one attached hydrogen (secondary N) is 1. The van der Waals surface area contributed by atoms with Crippen LogP contribution in [0.15, 0.2) is 18.2 Å². The smallest absolute Gasteiger partial charge is 0.0576 e. The van der Waals surface area contributed by atoms with Crippen molar-refractivity contribution >= 4 is 23.1 Å². The van der Waals surface area contributed by atoms with E-state index < -0.39 is 0 Å². The van der Waals surface area contributed by atoms with Gasteiger partial charge in [-0.2, -0.15) is 11.8 Å². The molecule has 1 aliphatic rings. The van der Waals surface area contributed by atoms with Crippen LogP contribution in [-0.2, 0) is 0 Å². The van der Waals surface area contributed by atoms with Gasteiger partial charge in [-0.1, -0.05) is 6.07 Å². The van der Waals surface area contributed by atoms with Gasteiger partial charge in [-0.25, -0.2) is 0 Å². The molecule has 17 heavy (non-hydrogen) atoms. The average Bonchev–Trinajstić information content (AvgIpc) is 2.34. The highest BCUT2D eigenvalue weighted by Crippen LogP contribution is 2.30. The minimum Gasteiger partial charge on any atom is -0.397 e. The number of hydrogen-bond donors (Lipinski definition) is 2. The van der Waals surface area contributed by atoms with Crippen LogP contribution >= 0.6 is 11.8 Å². The van der Waals surface area contributed by atoms with E-state index in [1.165, 1.54) is 31.2 Å². The van der Waals surface area contributed by atoms with Crippen LogP contribution in [-0.4, -0.2) is 17.5 Å². The molecule has 0 aromatic heterocycles. The lowest BCUT2D eigenvalue weighted by Gasteiger charge is -2.29. The van der Waals surface area contributed by atoms with Crippen molar-refractivity contribution in [2.24, 2.45) is 0 Å². The number of benzene rings is 1. The SMILES string of the molecule is CSC1CCC(Nc2ccc(C)cc2N)CC1. The monoisotopic (exact) mass is 250 g/mol. The van der Waals surface area contributed by atoms with Crippen molar-refractivity contribution in [1.29, 1.82) is 0 Å². The van der Waals surface area contributed by atoms with Crippen molar-refractivity contribution in [3.63, 3.8) is 0 Å². The number of aryl methyl sites for hydroxylation is 1. The molecule has 0 aliphatic heterocycles. The topological polar surface area (TPSA) is 38.0 Å². The molecule has 3 N–H and O–H groups in total. The quantitative estimate of drug-likeness (QED) is 0.804. The minimum atomic E-state index is 0.600. The highest BCUT2D eigenvalue weighted by molar-refractivity contribution is 7.99. The number of nitrogens with two attached hydrogens (primary N) is 1. The van der Waals surface area contributed by atoms with Crippen LogP contribution in [0.4, 0.5) is 11.4 Å². The summed E-state index contributed by atoms with van der Waals surface area (Å²) in [4.78, 5) is 0. The Kier molecular flexibility index (Phi) is 4.21. The van der Waals surface area contributed by atoms with Crippen molar-refractivity contribution in [3.8, 4) is 0 Å². The van der Waals surface area contributed by atoms with E-state index in [4.69, 9.17) is 5.73 Å². The van der Waals surface area contributed by atoms with Crippen LogP contribution in [0.5, 0.6) is 0 Å². The maximum absolute atomic E-state index is 6.03. The van der Waals surface area contributed by atoms with Gasteiger partial charge in [-0.15, -0.1) is 0 Å². The second-order valence-electron chi connectivity index (χ2n) is 4.94. The van der Waals surface area contributed by atoms with Crippen LogP contribution in [0.1, 0.15) is 31.2 Å². The normalized spacial score (nSPS) is 24.6. The van der Waals surface area contributed by atoms with Crippen molar-refractivity contribution in [1.82, 2.24) is 0 Å². The van der Waals surface area contributed by atoms with E-state index in [-0.39, 0.29) is 0 Å². The number of hydrogen-bond acceptors (Lipinski definition) is 3. The van der Waals surface area contributed by atoms with Gasteiger partial charge in [0.05, 0.1) is 11.4 Å². The van der Waals surface area contributed by atoms with E-state index in [9.17, 15) is 0 Å². The Bertz CT molecular complexity index is 370. The lowest BCUT2D eigenvalue weighted by Crippen LogP contribution is -2.27. The van der Waals surface area contributed by atoms with E-state index in [0.29, 0.717) is 6.04 Å². The third-order valence-electron chi connectivity index (χ3n) is 3.57. The van der Waals surface area contributed by atoms with Gasteiger partial charge in [0.2, 0.25) is 0 Å². The standard InChI is InChI=1S/C14H22N2S/c1-10-3-8-14(13(15)9-10)16-11-4-6-12(17-2)7-5-11/h3,8-9,11-12,16H,4-7,15H2,1-2H3. The van der Waals surface area contributed by atoms with Crippen molar-refractivity contribution in [2.75, 3.05) is 17.3 Å². The van der Waals surface area contributed by atoms with Crippen LogP contribution in [0.3, 0.4) is 0 Å². The van der Waals surface area contributed by atoms with Gasteiger partial charge in [0.15, 0.2) is 0 Å². The average molecular weight is 250 g/mol. The molecule has 1 saturated carbocycles. The van der Waals surface area contributed by atoms with Gasteiger partial charge in [0, 0.05) is 11.3 Å². The molecule has 2 rings (SSSR count). The molecule has 0 unspecified atom stereocenters. The third kappa shape index (κ3) is 3.32. The molecule has 0 saturated heterocycles. The summed E-state index contributed by atoms with van der Waals surface area (Å²) in [5.74, 6) is 0. The minimum absolute atomic E-state index is 0.600. The van der Waals surface area contributed by atoms with Gasteiger partial charge < -0.3 is 11.1 Å². The Balaban J connectivity index is 1.93. The Labute approximate surface area is 108 Å². The highest BCUT2D eigenvalue weighted by atomic mass is 32.2. The van der Waals surface area contributed by atoms with Gasteiger partial charge in [-0.05, 0) is 56.6 Å². The van der Waals surface area contributed by atoms with Crippen molar-refractivity contribution in [2.45, 2.75) is 43.9 Å². The second kappa shape index (κ2) is 5.67. The first kappa shape index (κ1) is 12.6. The van der Waals surface area contributed by atoms with E-state index in [1.54, 1.807) is 0 Å². The van der Waals surface area contributed by atoms with Crippen molar-refractivity contribution < 1.29 is 0 Å². The number of rotatable bonds is 3. The maximum Gasteiger partial charge on any atom is 0.0576 e. The molecule has 2 nitrogen and oxygen atoms in total. The summed E-state index contributed by atoms with van der Waals surface area (Å²) < 4.78 is 0. The van der Waals surface area contributed by atoms with Crippen LogP contribution in [0.2, 0.25) is 0 Å². The largest absolute Gasteiger partial charge is 0.397 e. The molecule has 94 valence electrons. The van der Waals surface area contributed by atoms with Crippen molar-refractivity contribution in [3.05, 3.63) is 23.8 Å². The Hall–Kier alpha value is -0.830. The summed E-state index contributed by atoms with van der Waals surface area (Å²) in [6.07, 6.45) is 7.39. The van der Waals surface area contributed by atoms with Gasteiger partial charge in [-0.3, -0.25) is 0 Å². The fourth-order valence-corrected chi connectivity index (χ4v) is 3.22. The molecule has 0 atom stereocenters. The summed E-state index contributed by atoms with van der Waals surface area (Å²) in [5, 5.41) is 4.45. The molecule has 1 aliphatic carbocycles. The molecule has 1 aromatic carbocycles. The first-order valence-corrected chi connectivity index (χ1v) is 7.63. The van der Waals surface area contributed by atoms with E-state index in [1.807, 2.05) is 17.8 Å². The van der Waals surface area contributed by atoms with E-state index in [2.05, 4.69) is 30.6 Å². The maximum atomic E-state index is 6.03. The lowest BCUT2D eigenvalue weighted by molar-refractivity contribution is 0.473. The number of nitrogen functional groups attached to an aromatic ring is 1. The zero-order valence-corrected chi connectivity index (χ0v) is 11.5. The Morgan fingerprint density at radius 3 is 2.53 bits per heavy atom. The van der Waals surface area contributed by atoms with Gasteiger partial charge >= 0.3 is 0 Å². The molecule has 0 heterocycles. The van der Waals surface area contributed by atoms with Crippen LogP contribution < -0.4 is 11.1 Å². The molecule has 0 amide bonds. The predicted molar refractivity (Wildman–Crippen MR) is 78.8 cm³/mol. The number of thioether (sulfide) groups is 1. The fourth-order valence-electron chi connectivity index (χ4n) is 2.48. The summed E-state index contributed by atoms with van der Waals surface area (Å²) in [6, 6.07) is 6.86.